The lowest BCUT2D eigenvalue weighted by molar-refractivity contribution is -0.131. The highest BCUT2D eigenvalue weighted by molar-refractivity contribution is 5.69. The highest BCUT2D eigenvalue weighted by Crippen LogP contribution is 2.18. The second-order valence-electron chi connectivity index (χ2n) is 2.67. The third kappa shape index (κ3) is 1.81. The van der Waals surface area contributed by atoms with Gasteiger partial charge in [0.05, 0.1) is 6.20 Å². The molecule has 0 spiro atoms. The average molecular weight is 165 g/mol. The van der Waals surface area contributed by atoms with Crippen LogP contribution in [0, 0.1) is 13.8 Å². The van der Waals surface area contributed by atoms with Gasteiger partial charge in [0.15, 0.2) is 5.75 Å². The zero-order valence-electron chi connectivity index (χ0n) is 7.42. The molecule has 0 saturated heterocycles. The van der Waals surface area contributed by atoms with Gasteiger partial charge in [0.25, 0.3) is 0 Å². The van der Waals surface area contributed by atoms with Crippen molar-refractivity contribution in [2.75, 3.05) is 0 Å². The number of aromatic nitrogens is 1. The van der Waals surface area contributed by atoms with Crippen LogP contribution in [0.2, 0.25) is 0 Å². The molecule has 12 heavy (non-hydrogen) atoms. The van der Waals surface area contributed by atoms with Gasteiger partial charge in [0.2, 0.25) is 0 Å². The summed E-state index contributed by atoms with van der Waals surface area (Å²) in [5.41, 5.74) is 1.98. The van der Waals surface area contributed by atoms with Gasteiger partial charge in [0, 0.05) is 13.1 Å². The van der Waals surface area contributed by atoms with Crippen LogP contribution in [-0.4, -0.2) is 11.0 Å². The molecule has 0 aliphatic rings. The number of nitrogens with zero attached hydrogens (tertiary/aromatic N) is 1. The molecule has 0 radical (unpaired) electrons. The summed E-state index contributed by atoms with van der Waals surface area (Å²) in [6.45, 7) is 5.20. The smallest absolute Gasteiger partial charge is 0.308 e. The van der Waals surface area contributed by atoms with E-state index in [0.29, 0.717) is 5.75 Å². The Morgan fingerprint density at radius 1 is 1.42 bits per heavy atom. The third-order valence-electron chi connectivity index (χ3n) is 1.67. The minimum absolute atomic E-state index is 0.314. The number of esters is 1. The molecule has 3 nitrogen and oxygen atoms in total. The summed E-state index contributed by atoms with van der Waals surface area (Å²) in [6.07, 6.45) is 3.28. The maximum Gasteiger partial charge on any atom is 0.308 e. The molecule has 3 heteroatoms. The summed E-state index contributed by atoms with van der Waals surface area (Å²) < 4.78 is 4.92. The van der Waals surface area contributed by atoms with Crippen molar-refractivity contribution in [3.8, 4) is 5.75 Å². The minimum Gasteiger partial charge on any atom is -0.425 e. The first-order valence-corrected chi connectivity index (χ1v) is 3.71. The Bertz CT molecular complexity index is 307. The summed E-state index contributed by atoms with van der Waals surface area (Å²) in [4.78, 5) is 14.5. The Balaban J connectivity index is 3.00. The van der Waals surface area contributed by atoms with E-state index in [4.69, 9.17) is 4.74 Å². The van der Waals surface area contributed by atoms with Gasteiger partial charge in [-0.25, -0.2) is 0 Å². The maximum atomic E-state index is 10.6. The molecular formula is C9H11NO2. The maximum absolute atomic E-state index is 10.6. The van der Waals surface area contributed by atoms with Gasteiger partial charge in [-0.1, -0.05) is 0 Å². The summed E-state index contributed by atoms with van der Waals surface area (Å²) in [6, 6.07) is 0. The topological polar surface area (TPSA) is 39.2 Å². The SMILES string of the molecule is CC(=O)Oc1cncc(C)c1C. The van der Waals surface area contributed by atoms with Crippen LogP contribution >= 0.6 is 0 Å². The fourth-order valence-corrected chi connectivity index (χ4v) is 0.862. The van der Waals surface area contributed by atoms with Crippen molar-refractivity contribution in [2.24, 2.45) is 0 Å². The zero-order chi connectivity index (χ0) is 9.14. The van der Waals surface area contributed by atoms with E-state index < -0.39 is 0 Å². The molecule has 0 saturated carbocycles. The quantitative estimate of drug-likeness (QED) is 0.593. The van der Waals surface area contributed by atoms with E-state index in [1.807, 2.05) is 13.8 Å². The standard InChI is InChI=1S/C9H11NO2/c1-6-4-10-5-9(7(6)2)12-8(3)11/h4-5H,1-3H3. The van der Waals surface area contributed by atoms with E-state index in [1.165, 1.54) is 6.92 Å². The van der Waals surface area contributed by atoms with E-state index in [1.54, 1.807) is 12.4 Å². The summed E-state index contributed by atoms with van der Waals surface area (Å²) in [5.74, 6) is 0.230. The first-order valence-electron chi connectivity index (χ1n) is 3.71. The first-order chi connectivity index (χ1) is 5.61. The second-order valence-corrected chi connectivity index (χ2v) is 2.67. The van der Waals surface area contributed by atoms with Crippen LogP contribution in [0.1, 0.15) is 18.1 Å². The van der Waals surface area contributed by atoms with Crippen LogP contribution in [0.25, 0.3) is 0 Å². The number of aryl methyl sites for hydroxylation is 1. The molecule has 1 aromatic rings. The van der Waals surface area contributed by atoms with Gasteiger partial charge in [-0.2, -0.15) is 0 Å². The van der Waals surface area contributed by atoms with Crippen LogP contribution in [-0.2, 0) is 4.79 Å². The molecule has 1 rings (SSSR count). The number of hydrogen-bond acceptors (Lipinski definition) is 3. The van der Waals surface area contributed by atoms with Gasteiger partial charge in [0.1, 0.15) is 0 Å². The van der Waals surface area contributed by atoms with Crippen LogP contribution in [0.3, 0.4) is 0 Å². The average Bonchev–Trinajstić information content (AvgIpc) is 1.98. The summed E-state index contributed by atoms with van der Waals surface area (Å²) >= 11 is 0. The van der Waals surface area contributed by atoms with Crippen molar-refractivity contribution in [1.29, 1.82) is 0 Å². The van der Waals surface area contributed by atoms with Crippen LogP contribution in [0.5, 0.6) is 5.75 Å². The number of carbonyl (C=O) groups is 1. The molecule has 0 aliphatic carbocycles. The minimum atomic E-state index is -0.314. The Hall–Kier alpha value is -1.38. The van der Waals surface area contributed by atoms with Crippen molar-refractivity contribution >= 4 is 5.97 Å². The molecule has 0 bridgehead atoms. The molecule has 0 N–H and O–H groups in total. The Labute approximate surface area is 71.4 Å². The molecular weight excluding hydrogens is 154 g/mol. The lowest BCUT2D eigenvalue weighted by atomic mass is 10.2. The Morgan fingerprint density at radius 2 is 2.08 bits per heavy atom. The highest BCUT2D eigenvalue weighted by Gasteiger charge is 2.03. The van der Waals surface area contributed by atoms with Gasteiger partial charge in [-0.15, -0.1) is 0 Å². The monoisotopic (exact) mass is 165 g/mol. The van der Waals surface area contributed by atoms with E-state index in [-0.39, 0.29) is 5.97 Å². The Kier molecular flexibility index (Phi) is 2.43. The first kappa shape index (κ1) is 8.71. The van der Waals surface area contributed by atoms with E-state index >= 15 is 0 Å². The van der Waals surface area contributed by atoms with Crippen molar-refractivity contribution in [1.82, 2.24) is 4.98 Å². The number of hydrogen-bond donors (Lipinski definition) is 0. The van der Waals surface area contributed by atoms with Crippen molar-refractivity contribution in [3.63, 3.8) is 0 Å². The second kappa shape index (κ2) is 3.34. The molecule has 1 aromatic heterocycles. The molecule has 1 heterocycles. The van der Waals surface area contributed by atoms with E-state index in [9.17, 15) is 4.79 Å². The largest absolute Gasteiger partial charge is 0.425 e. The van der Waals surface area contributed by atoms with Gasteiger partial charge < -0.3 is 4.74 Å². The molecule has 0 atom stereocenters. The lowest BCUT2D eigenvalue weighted by Gasteiger charge is -2.05. The lowest BCUT2D eigenvalue weighted by Crippen LogP contribution is -2.03. The molecule has 0 fully saturated rings. The third-order valence-corrected chi connectivity index (χ3v) is 1.67. The number of pyridine rings is 1. The van der Waals surface area contributed by atoms with Gasteiger partial charge in [-0.3, -0.25) is 9.78 Å². The van der Waals surface area contributed by atoms with Gasteiger partial charge >= 0.3 is 5.97 Å². The highest BCUT2D eigenvalue weighted by atomic mass is 16.5. The Morgan fingerprint density at radius 3 is 2.67 bits per heavy atom. The fraction of sp³-hybridized carbons (Fsp3) is 0.333. The normalized spacial score (nSPS) is 9.58. The molecule has 0 aliphatic heterocycles. The molecule has 0 unspecified atom stereocenters. The fourth-order valence-electron chi connectivity index (χ4n) is 0.862. The molecule has 0 aromatic carbocycles. The van der Waals surface area contributed by atoms with Crippen molar-refractivity contribution < 1.29 is 9.53 Å². The number of rotatable bonds is 1. The molecule has 0 amide bonds. The van der Waals surface area contributed by atoms with E-state index in [2.05, 4.69) is 4.98 Å². The van der Waals surface area contributed by atoms with Crippen molar-refractivity contribution in [3.05, 3.63) is 23.5 Å². The van der Waals surface area contributed by atoms with Crippen LogP contribution in [0.4, 0.5) is 0 Å². The summed E-state index contributed by atoms with van der Waals surface area (Å²) in [5, 5.41) is 0. The van der Waals surface area contributed by atoms with Crippen molar-refractivity contribution in [2.45, 2.75) is 20.8 Å². The van der Waals surface area contributed by atoms with Crippen LogP contribution in [0.15, 0.2) is 12.4 Å². The summed E-state index contributed by atoms with van der Waals surface area (Å²) in [7, 11) is 0. The van der Waals surface area contributed by atoms with Gasteiger partial charge in [-0.05, 0) is 25.0 Å². The zero-order valence-corrected chi connectivity index (χ0v) is 7.42. The predicted octanol–water partition coefficient (Wildman–Crippen LogP) is 1.62. The molecule has 64 valence electrons. The number of ether oxygens (including phenoxy) is 1. The predicted molar refractivity (Wildman–Crippen MR) is 45.0 cm³/mol. The number of carbonyl (C=O) groups excluding carboxylic acids is 1. The van der Waals surface area contributed by atoms with E-state index in [0.717, 1.165) is 11.1 Å². The van der Waals surface area contributed by atoms with Crippen LogP contribution < -0.4 is 4.74 Å².